The Bertz CT molecular complexity index is 854. The van der Waals surface area contributed by atoms with Gasteiger partial charge in [-0.2, -0.15) is 5.10 Å². The molecule has 0 aliphatic heterocycles. The van der Waals surface area contributed by atoms with Crippen LogP contribution in [0.25, 0.3) is 0 Å². The number of nitro groups is 1. The summed E-state index contributed by atoms with van der Waals surface area (Å²) in [7, 11) is 0. The molecule has 0 atom stereocenters. The lowest BCUT2D eigenvalue weighted by Gasteiger charge is -2.08. The van der Waals surface area contributed by atoms with E-state index in [-0.39, 0.29) is 18.0 Å². The molecule has 0 saturated heterocycles. The maximum Gasteiger partial charge on any atom is 0.269 e. The number of ether oxygens (including phenoxy) is 1. The molecular weight excluding hydrogens is 393 g/mol. The maximum atomic E-state index is 11.8. The standard InChI is InChI=1S/C18H17Cl2N3O4/c1-12(13-4-7-15(8-5-13)23(25)26)21-22-18(24)3-2-10-27-17-9-6-14(19)11-16(17)20/h4-9,11H,2-3,10H2,1H3,(H,22,24). The smallest absolute Gasteiger partial charge is 0.269 e. The van der Waals surface area contributed by atoms with E-state index in [1.54, 1.807) is 37.3 Å². The van der Waals surface area contributed by atoms with Crippen LogP contribution in [0.5, 0.6) is 5.75 Å². The zero-order chi connectivity index (χ0) is 19.8. The van der Waals surface area contributed by atoms with Crippen molar-refractivity contribution in [3.63, 3.8) is 0 Å². The van der Waals surface area contributed by atoms with E-state index in [9.17, 15) is 14.9 Å². The molecule has 9 heteroatoms. The van der Waals surface area contributed by atoms with E-state index in [2.05, 4.69) is 10.5 Å². The predicted molar refractivity (Wildman–Crippen MR) is 105 cm³/mol. The molecule has 27 heavy (non-hydrogen) atoms. The van der Waals surface area contributed by atoms with Crippen LogP contribution >= 0.6 is 23.2 Å². The molecule has 2 rings (SSSR count). The quantitative estimate of drug-likeness (QED) is 0.298. The highest BCUT2D eigenvalue weighted by Crippen LogP contribution is 2.27. The van der Waals surface area contributed by atoms with Gasteiger partial charge in [-0.25, -0.2) is 5.43 Å². The molecule has 0 aliphatic carbocycles. The number of rotatable bonds is 8. The van der Waals surface area contributed by atoms with Gasteiger partial charge in [-0.1, -0.05) is 23.2 Å². The second-order valence-corrected chi connectivity index (χ2v) is 6.41. The summed E-state index contributed by atoms with van der Waals surface area (Å²) in [6.45, 7) is 2.02. The third kappa shape index (κ3) is 6.54. The number of halogens is 2. The van der Waals surface area contributed by atoms with Crippen molar-refractivity contribution < 1.29 is 14.5 Å². The van der Waals surface area contributed by atoms with Crippen LogP contribution in [0.15, 0.2) is 47.6 Å². The highest BCUT2D eigenvalue weighted by molar-refractivity contribution is 6.35. The van der Waals surface area contributed by atoms with Crippen molar-refractivity contribution in [2.75, 3.05) is 6.61 Å². The number of nitrogens with one attached hydrogen (secondary N) is 1. The minimum Gasteiger partial charge on any atom is -0.492 e. The minimum absolute atomic E-state index is 0.00336. The summed E-state index contributed by atoms with van der Waals surface area (Å²) in [5, 5.41) is 15.6. The van der Waals surface area contributed by atoms with E-state index in [1.807, 2.05) is 0 Å². The van der Waals surface area contributed by atoms with Crippen LogP contribution in [0.1, 0.15) is 25.3 Å². The summed E-state index contributed by atoms with van der Waals surface area (Å²) >= 11 is 11.8. The largest absolute Gasteiger partial charge is 0.492 e. The summed E-state index contributed by atoms with van der Waals surface area (Å²) < 4.78 is 5.51. The Balaban J connectivity index is 1.76. The van der Waals surface area contributed by atoms with Crippen molar-refractivity contribution >= 4 is 40.5 Å². The van der Waals surface area contributed by atoms with Gasteiger partial charge in [0.1, 0.15) is 5.75 Å². The summed E-state index contributed by atoms with van der Waals surface area (Å²) in [6, 6.07) is 10.8. The summed E-state index contributed by atoms with van der Waals surface area (Å²) in [5.74, 6) is 0.246. The number of hydrazone groups is 1. The molecule has 0 fully saturated rings. The number of hydrogen-bond acceptors (Lipinski definition) is 5. The van der Waals surface area contributed by atoms with E-state index in [0.717, 1.165) is 0 Å². The molecule has 0 saturated carbocycles. The summed E-state index contributed by atoms with van der Waals surface area (Å²) in [5.41, 5.74) is 3.67. The third-order valence-corrected chi connectivity index (χ3v) is 4.07. The van der Waals surface area contributed by atoms with Crippen molar-refractivity contribution in [1.29, 1.82) is 0 Å². The van der Waals surface area contributed by atoms with Crippen molar-refractivity contribution in [3.8, 4) is 5.75 Å². The first-order valence-corrected chi connectivity index (χ1v) is 8.78. The number of nitro benzene ring substituents is 1. The van der Waals surface area contributed by atoms with E-state index in [4.69, 9.17) is 27.9 Å². The van der Waals surface area contributed by atoms with Gasteiger partial charge in [-0.05, 0) is 49.2 Å². The molecule has 142 valence electrons. The average molecular weight is 410 g/mol. The summed E-state index contributed by atoms with van der Waals surface area (Å²) in [4.78, 5) is 22.0. The number of hydrogen-bond donors (Lipinski definition) is 1. The Morgan fingerprint density at radius 3 is 2.56 bits per heavy atom. The molecule has 0 unspecified atom stereocenters. The van der Waals surface area contributed by atoms with E-state index in [1.165, 1.54) is 12.1 Å². The zero-order valence-corrected chi connectivity index (χ0v) is 16.0. The van der Waals surface area contributed by atoms with Crippen molar-refractivity contribution in [2.45, 2.75) is 19.8 Å². The molecule has 2 aromatic carbocycles. The Hall–Kier alpha value is -2.64. The zero-order valence-electron chi connectivity index (χ0n) is 14.4. The van der Waals surface area contributed by atoms with Crippen molar-refractivity contribution in [1.82, 2.24) is 5.43 Å². The van der Waals surface area contributed by atoms with Gasteiger partial charge in [0.25, 0.3) is 5.69 Å². The molecule has 0 heterocycles. The number of benzene rings is 2. The van der Waals surface area contributed by atoms with Gasteiger partial charge in [0.05, 0.1) is 22.3 Å². The van der Waals surface area contributed by atoms with Gasteiger partial charge in [-0.3, -0.25) is 14.9 Å². The number of nitrogens with zero attached hydrogens (tertiary/aromatic N) is 2. The topological polar surface area (TPSA) is 93.8 Å². The lowest BCUT2D eigenvalue weighted by Crippen LogP contribution is -2.19. The second-order valence-electron chi connectivity index (χ2n) is 5.56. The van der Waals surface area contributed by atoms with Gasteiger partial charge < -0.3 is 4.74 Å². The molecule has 7 nitrogen and oxygen atoms in total. The third-order valence-electron chi connectivity index (χ3n) is 3.54. The first kappa shape index (κ1) is 20.7. The SMILES string of the molecule is CC(=NNC(=O)CCCOc1ccc(Cl)cc1Cl)c1ccc([N+](=O)[O-])cc1. The number of carbonyl (C=O) groups is 1. The first-order chi connectivity index (χ1) is 12.9. The first-order valence-electron chi connectivity index (χ1n) is 8.02. The van der Waals surface area contributed by atoms with Crippen LogP contribution in [-0.4, -0.2) is 23.1 Å². The highest BCUT2D eigenvalue weighted by atomic mass is 35.5. The van der Waals surface area contributed by atoms with Gasteiger partial charge in [0, 0.05) is 23.6 Å². The van der Waals surface area contributed by atoms with Gasteiger partial charge in [0.2, 0.25) is 5.91 Å². The Morgan fingerprint density at radius 2 is 1.93 bits per heavy atom. The molecule has 1 amide bonds. The van der Waals surface area contributed by atoms with Gasteiger partial charge in [-0.15, -0.1) is 0 Å². The van der Waals surface area contributed by atoms with Crippen LogP contribution in [0.3, 0.4) is 0 Å². The number of amides is 1. The van der Waals surface area contributed by atoms with E-state index in [0.29, 0.717) is 40.1 Å². The van der Waals surface area contributed by atoms with Crippen LogP contribution in [0, 0.1) is 10.1 Å². The van der Waals surface area contributed by atoms with Crippen molar-refractivity contribution in [2.24, 2.45) is 5.10 Å². The summed E-state index contributed by atoms with van der Waals surface area (Å²) in [6.07, 6.45) is 0.707. The van der Waals surface area contributed by atoms with Crippen molar-refractivity contribution in [3.05, 3.63) is 68.2 Å². The normalized spacial score (nSPS) is 11.1. The monoisotopic (exact) mass is 409 g/mol. The van der Waals surface area contributed by atoms with Gasteiger partial charge in [0.15, 0.2) is 0 Å². The average Bonchev–Trinajstić information content (AvgIpc) is 2.64. The molecule has 0 radical (unpaired) electrons. The number of non-ortho nitro benzene ring substituents is 1. The van der Waals surface area contributed by atoms with Crippen LogP contribution in [0.2, 0.25) is 10.0 Å². The maximum absolute atomic E-state index is 11.8. The molecular formula is C18H17Cl2N3O4. The Labute approximate surface area is 166 Å². The molecule has 1 N–H and O–H groups in total. The molecule has 0 spiro atoms. The highest BCUT2D eigenvalue weighted by Gasteiger charge is 2.07. The molecule has 0 bridgehead atoms. The molecule has 0 aliphatic rings. The fourth-order valence-corrected chi connectivity index (χ4v) is 2.56. The lowest BCUT2D eigenvalue weighted by atomic mass is 10.1. The Kier molecular flexibility index (Phi) is 7.57. The lowest BCUT2D eigenvalue weighted by molar-refractivity contribution is -0.384. The van der Waals surface area contributed by atoms with Crippen LogP contribution in [0.4, 0.5) is 5.69 Å². The van der Waals surface area contributed by atoms with E-state index >= 15 is 0 Å². The molecule has 0 aromatic heterocycles. The van der Waals surface area contributed by atoms with E-state index < -0.39 is 4.92 Å². The predicted octanol–water partition coefficient (Wildman–Crippen LogP) is 4.60. The second kappa shape index (κ2) is 9.89. The van der Waals surface area contributed by atoms with Gasteiger partial charge >= 0.3 is 0 Å². The van der Waals surface area contributed by atoms with Crippen LogP contribution in [-0.2, 0) is 4.79 Å². The minimum atomic E-state index is -0.475. The number of carbonyl (C=O) groups excluding carboxylic acids is 1. The fraction of sp³-hybridized carbons (Fsp3) is 0.222. The molecule has 2 aromatic rings. The fourth-order valence-electron chi connectivity index (χ4n) is 2.10. The Morgan fingerprint density at radius 1 is 1.22 bits per heavy atom. The van der Waals surface area contributed by atoms with Crippen LogP contribution < -0.4 is 10.2 Å².